The SMILES string of the molecule is CC(C)OC(=O)c1c(NC(=O)c2cnnn2C)sc2c1CCCC2. The Labute approximate surface area is 144 Å². The summed E-state index contributed by atoms with van der Waals surface area (Å²) in [6.45, 7) is 3.63. The fourth-order valence-electron chi connectivity index (χ4n) is 2.81. The third-order valence-electron chi connectivity index (χ3n) is 3.89. The zero-order valence-electron chi connectivity index (χ0n) is 14.0. The summed E-state index contributed by atoms with van der Waals surface area (Å²) >= 11 is 1.47. The van der Waals surface area contributed by atoms with Crippen molar-refractivity contribution >= 4 is 28.2 Å². The first-order valence-electron chi connectivity index (χ1n) is 7.99. The molecule has 2 aromatic heterocycles. The van der Waals surface area contributed by atoms with E-state index in [0.29, 0.717) is 16.3 Å². The number of nitrogens with one attached hydrogen (secondary N) is 1. The number of carbonyl (C=O) groups is 2. The number of nitrogens with zero attached hydrogens (tertiary/aromatic N) is 3. The van der Waals surface area contributed by atoms with Gasteiger partial charge in [0.05, 0.1) is 17.9 Å². The Balaban J connectivity index is 1.94. The van der Waals surface area contributed by atoms with Crippen molar-refractivity contribution < 1.29 is 14.3 Å². The highest BCUT2D eigenvalue weighted by Crippen LogP contribution is 2.38. The molecule has 0 saturated carbocycles. The minimum atomic E-state index is -0.372. The van der Waals surface area contributed by atoms with E-state index in [4.69, 9.17) is 4.74 Å². The second kappa shape index (κ2) is 6.72. The van der Waals surface area contributed by atoms with Crippen molar-refractivity contribution in [3.8, 4) is 0 Å². The molecule has 0 aliphatic heterocycles. The van der Waals surface area contributed by atoms with Crippen molar-refractivity contribution in [1.82, 2.24) is 15.0 Å². The molecular weight excluding hydrogens is 328 g/mol. The number of carbonyl (C=O) groups excluding carboxylic acids is 2. The highest BCUT2D eigenvalue weighted by atomic mass is 32.1. The molecule has 2 heterocycles. The lowest BCUT2D eigenvalue weighted by molar-refractivity contribution is 0.0378. The Morgan fingerprint density at radius 2 is 2.08 bits per heavy atom. The molecule has 0 spiro atoms. The van der Waals surface area contributed by atoms with Gasteiger partial charge in [0.2, 0.25) is 0 Å². The summed E-state index contributed by atoms with van der Waals surface area (Å²) in [6, 6.07) is 0. The van der Waals surface area contributed by atoms with Crippen LogP contribution in [0.1, 0.15) is 58.0 Å². The van der Waals surface area contributed by atoms with Crippen LogP contribution in [0.3, 0.4) is 0 Å². The van der Waals surface area contributed by atoms with Gasteiger partial charge in [-0.3, -0.25) is 4.79 Å². The van der Waals surface area contributed by atoms with Gasteiger partial charge in [0.1, 0.15) is 10.7 Å². The summed E-state index contributed by atoms with van der Waals surface area (Å²) in [5.74, 6) is -0.706. The van der Waals surface area contributed by atoms with Gasteiger partial charge in [-0.1, -0.05) is 5.21 Å². The maximum Gasteiger partial charge on any atom is 0.341 e. The van der Waals surface area contributed by atoms with Crippen LogP contribution in [0, 0.1) is 0 Å². The van der Waals surface area contributed by atoms with E-state index in [-0.39, 0.29) is 18.0 Å². The third-order valence-corrected chi connectivity index (χ3v) is 5.10. The second-order valence-electron chi connectivity index (χ2n) is 6.07. The fraction of sp³-hybridized carbons (Fsp3) is 0.500. The quantitative estimate of drug-likeness (QED) is 0.858. The number of esters is 1. The molecule has 0 bridgehead atoms. The summed E-state index contributed by atoms with van der Waals surface area (Å²) < 4.78 is 6.78. The zero-order valence-corrected chi connectivity index (χ0v) is 14.8. The summed E-state index contributed by atoms with van der Waals surface area (Å²) in [5, 5.41) is 10.9. The molecule has 1 N–H and O–H groups in total. The molecule has 3 rings (SSSR count). The number of aromatic nitrogens is 3. The molecule has 2 aromatic rings. The van der Waals surface area contributed by atoms with Gasteiger partial charge in [-0.2, -0.15) is 0 Å². The van der Waals surface area contributed by atoms with Gasteiger partial charge in [-0.05, 0) is 45.1 Å². The van der Waals surface area contributed by atoms with Gasteiger partial charge < -0.3 is 10.1 Å². The van der Waals surface area contributed by atoms with Gasteiger partial charge in [-0.25, -0.2) is 9.48 Å². The molecular formula is C16H20N4O3S. The van der Waals surface area contributed by atoms with E-state index in [1.165, 1.54) is 22.2 Å². The van der Waals surface area contributed by atoms with E-state index in [2.05, 4.69) is 15.6 Å². The van der Waals surface area contributed by atoms with Crippen LogP contribution >= 0.6 is 11.3 Å². The van der Waals surface area contributed by atoms with Crippen LogP contribution in [0.2, 0.25) is 0 Å². The summed E-state index contributed by atoms with van der Waals surface area (Å²) in [7, 11) is 1.65. The molecule has 128 valence electrons. The first-order chi connectivity index (χ1) is 11.5. The van der Waals surface area contributed by atoms with E-state index in [9.17, 15) is 9.59 Å². The van der Waals surface area contributed by atoms with Gasteiger partial charge in [0, 0.05) is 11.9 Å². The van der Waals surface area contributed by atoms with Crippen molar-refractivity contribution in [1.29, 1.82) is 0 Å². The van der Waals surface area contributed by atoms with Gasteiger partial charge in [0.15, 0.2) is 0 Å². The molecule has 0 aromatic carbocycles. The van der Waals surface area contributed by atoms with E-state index < -0.39 is 0 Å². The molecule has 8 heteroatoms. The number of rotatable bonds is 4. The van der Waals surface area contributed by atoms with Crippen LogP contribution in [0.4, 0.5) is 5.00 Å². The maximum absolute atomic E-state index is 12.5. The average molecular weight is 348 g/mol. The first kappa shape index (κ1) is 16.6. The lowest BCUT2D eigenvalue weighted by Crippen LogP contribution is -2.19. The van der Waals surface area contributed by atoms with Crippen molar-refractivity contribution in [3.63, 3.8) is 0 Å². The van der Waals surface area contributed by atoms with Gasteiger partial charge in [-0.15, -0.1) is 16.4 Å². The summed E-state index contributed by atoms with van der Waals surface area (Å²) in [6.07, 6.45) is 5.12. The number of hydrogen-bond acceptors (Lipinski definition) is 6. The van der Waals surface area contributed by atoms with E-state index in [0.717, 1.165) is 36.1 Å². The minimum Gasteiger partial charge on any atom is -0.459 e. The number of fused-ring (bicyclic) bond motifs is 1. The number of anilines is 1. The number of ether oxygens (including phenoxy) is 1. The van der Waals surface area contributed by atoms with E-state index in [1.807, 2.05) is 13.8 Å². The Morgan fingerprint density at radius 3 is 2.75 bits per heavy atom. The fourth-order valence-corrected chi connectivity index (χ4v) is 4.08. The van der Waals surface area contributed by atoms with Crippen LogP contribution in [0.15, 0.2) is 6.20 Å². The van der Waals surface area contributed by atoms with Crippen molar-refractivity contribution in [2.75, 3.05) is 5.32 Å². The average Bonchev–Trinajstić information content (AvgIpc) is 3.09. The third kappa shape index (κ3) is 3.19. The molecule has 0 unspecified atom stereocenters. The van der Waals surface area contributed by atoms with Crippen molar-refractivity contribution in [2.45, 2.75) is 45.6 Å². The maximum atomic E-state index is 12.5. The first-order valence-corrected chi connectivity index (χ1v) is 8.80. The van der Waals surface area contributed by atoms with Crippen molar-refractivity contribution in [2.24, 2.45) is 7.05 Å². The smallest absolute Gasteiger partial charge is 0.341 e. The van der Waals surface area contributed by atoms with Crippen LogP contribution in [0.25, 0.3) is 0 Å². The predicted octanol–water partition coefficient (Wildman–Crippen LogP) is 2.57. The van der Waals surface area contributed by atoms with Gasteiger partial charge in [0.25, 0.3) is 5.91 Å². The second-order valence-corrected chi connectivity index (χ2v) is 7.17. The lowest BCUT2D eigenvalue weighted by Gasteiger charge is -2.14. The standard InChI is InChI=1S/C16H20N4O3S/c1-9(2)23-16(22)13-10-6-4-5-7-12(10)24-15(13)18-14(21)11-8-17-19-20(11)3/h8-9H,4-7H2,1-3H3,(H,18,21). The minimum absolute atomic E-state index is 0.207. The lowest BCUT2D eigenvalue weighted by atomic mass is 9.95. The molecule has 0 fully saturated rings. The highest BCUT2D eigenvalue weighted by Gasteiger charge is 2.28. The van der Waals surface area contributed by atoms with Crippen LogP contribution in [0.5, 0.6) is 0 Å². The van der Waals surface area contributed by atoms with Gasteiger partial charge >= 0.3 is 5.97 Å². The molecule has 1 amide bonds. The molecule has 7 nitrogen and oxygen atoms in total. The number of aryl methyl sites for hydroxylation is 2. The molecule has 1 aliphatic rings. The van der Waals surface area contributed by atoms with Crippen LogP contribution in [-0.4, -0.2) is 33.0 Å². The number of hydrogen-bond donors (Lipinski definition) is 1. The Bertz CT molecular complexity index is 778. The molecule has 1 aliphatic carbocycles. The normalized spacial score (nSPS) is 13.7. The number of amides is 1. The molecule has 24 heavy (non-hydrogen) atoms. The Kier molecular flexibility index (Phi) is 4.66. The zero-order chi connectivity index (χ0) is 17.3. The topological polar surface area (TPSA) is 86.1 Å². The Hall–Kier alpha value is -2.22. The summed E-state index contributed by atoms with van der Waals surface area (Å²) in [4.78, 5) is 26.2. The van der Waals surface area contributed by atoms with Crippen LogP contribution in [-0.2, 0) is 24.6 Å². The van der Waals surface area contributed by atoms with Crippen LogP contribution < -0.4 is 5.32 Å². The molecule has 0 atom stereocenters. The largest absolute Gasteiger partial charge is 0.459 e. The Morgan fingerprint density at radius 1 is 1.33 bits per heavy atom. The van der Waals surface area contributed by atoms with Crippen molar-refractivity contribution in [3.05, 3.63) is 27.9 Å². The molecule has 0 saturated heterocycles. The highest BCUT2D eigenvalue weighted by molar-refractivity contribution is 7.17. The number of thiophene rings is 1. The van der Waals surface area contributed by atoms with E-state index in [1.54, 1.807) is 7.05 Å². The predicted molar refractivity (Wildman–Crippen MR) is 90.5 cm³/mol. The van der Waals surface area contributed by atoms with E-state index >= 15 is 0 Å². The molecule has 0 radical (unpaired) electrons. The monoisotopic (exact) mass is 348 g/mol. The summed E-state index contributed by atoms with van der Waals surface area (Å²) in [5.41, 5.74) is 1.87.